The molecule has 2 N–H and O–H groups in total. The highest BCUT2D eigenvalue weighted by Crippen LogP contribution is 2.33. The molecule has 1 aliphatic heterocycles. The van der Waals surface area contributed by atoms with Crippen LogP contribution in [0.4, 0.5) is 5.69 Å². The number of benzene rings is 1. The molecule has 1 aliphatic rings. The van der Waals surface area contributed by atoms with Gasteiger partial charge in [0, 0.05) is 30.9 Å². The third-order valence-corrected chi connectivity index (χ3v) is 3.69. The van der Waals surface area contributed by atoms with Gasteiger partial charge in [0.05, 0.1) is 18.9 Å². The maximum absolute atomic E-state index is 5.85. The van der Waals surface area contributed by atoms with E-state index in [9.17, 15) is 0 Å². The van der Waals surface area contributed by atoms with Gasteiger partial charge >= 0.3 is 0 Å². The van der Waals surface area contributed by atoms with Gasteiger partial charge in [0.15, 0.2) is 0 Å². The summed E-state index contributed by atoms with van der Waals surface area (Å²) in [6.07, 6.45) is 1.81. The molecule has 4 heteroatoms. The van der Waals surface area contributed by atoms with Crippen LogP contribution in [0.25, 0.3) is 11.0 Å². The Balaban J connectivity index is 1.85. The summed E-state index contributed by atoms with van der Waals surface area (Å²) < 4.78 is 10.9. The molecule has 0 unspecified atom stereocenters. The Bertz CT molecular complexity index is 540. The number of hydrogen-bond donors (Lipinski definition) is 1. The minimum Gasteiger partial charge on any atom is -0.462 e. The third kappa shape index (κ3) is 1.78. The lowest BCUT2D eigenvalue weighted by Gasteiger charge is -2.43. The van der Waals surface area contributed by atoms with Crippen molar-refractivity contribution in [2.75, 3.05) is 38.3 Å². The SMILES string of the molecule is CN(CC1(CN)COC1)c1coc2ccccc12. The molecule has 0 bridgehead atoms. The zero-order valence-electron chi connectivity index (χ0n) is 10.6. The summed E-state index contributed by atoms with van der Waals surface area (Å²) in [6, 6.07) is 8.08. The highest BCUT2D eigenvalue weighted by Gasteiger charge is 2.38. The van der Waals surface area contributed by atoms with E-state index in [1.54, 1.807) is 0 Å². The van der Waals surface area contributed by atoms with Gasteiger partial charge in [0.2, 0.25) is 0 Å². The number of ether oxygens (including phenoxy) is 1. The highest BCUT2D eigenvalue weighted by atomic mass is 16.5. The fraction of sp³-hybridized carbons (Fsp3) is 0.429. The van der Waals surface area contributed by atoms with Crippen LogP contribution in [-0.4, -0.2) is 33.4 Å². The van der Waals surface area contributed by atoms with Crippen LogP contribution in [0, 0.1) is 5.41 Å². The largest absolute Gasteiger partial charge is 0.462 e. The molecular weight excluding hydrogens is 228 g/mol. The molecule has 1 saturated heterocycles. The molecule has 96 valence electrons. The number of para-hydroxylation sites is 1. The Hall–Kier alpha value is -1.52. The maximum Gasteiger partial charge on any atom is 0.136 e. The Morgan fingerprint density at radius 1 is 1.33 bits per heavy atom. The van der Waals surface area contributed by atoms with E-state index < -0.39 is 0 Å². The quantitative estimate of drug-likeness (QED) is 0.894. The first-order valence-electron chi connectivity index (χ1n) is 6.19. The molecule has 1 fully saturated rings. The summed E-state index contributed by atoms with van der Waals surface area (Å²) in [5, 5.41) is 1.15. The molecule has 0 radical (unpaired) electrons. The van der Waals surface area contributed by atoms with E-state index in [0.717, 1.165) is 36.4 Å². The van der Waals surface area contributed by atoms with Gasteiger partial charge in [-0.1, -0.05) is 12.1 Å². The number of fused-ring (bicyclic) bond motifs is 1. The first kappa shape index (κ1) is 11.6. The monoisotopic (exact) mass is 246 g/mol. The molecule has 0 spiro atoms. The van der Waals surface area contributed by atoms with Crippen molar-refractivity contribution in [3.8, 4) is 0 Å². The van der Waals surface area contributed by atoms with Crippen molar-refractivity contribution >= 4 is 16.7 Å². The van der Waals surface area contributed by atoms with E-state index in [0.29, 0.717) is 6.54 Å². The number of anilines is 1. The fourth-order valence-corrected chi connectivity index (χ4v) is 2.51. The Kier molecular flexibility index (Phi) is 2.76. The summed E-state index contributed by atoms with van der Waals surface area (Å²) in [6.45, 7) is 3.06. The van der Waals surface area contributed by atoms with E-state index in [-0.39, 0.29) is 5.41 Å². The predicted octanol–water partition coefficient (Wildman–Crippen LogP) is 1.84. The number of nitrogens with zero attached hydrogens (tertiary/aromatic N) is 1. The second-order valence-electron chi connectivity index (χ2n) is 5.17. The lowest BCUT2D eigenvalue weighted by molar-refractivity contribution is -0.101. The average molecular weight is 246 g/mol. The second kappa shape index (κ2) is 4.30. The molecular formula is C14H18N2O2. The van der Waals surface area contributed by atoms with Gasteiger partial charge in [-0.25, -0.2) is 0 Å². The molecule has 0 amide bonds. The molecule has 1 aromatic heterocycles. The van der Waals surface area contributed by atoms with Crippen molar-refractivity contribution in [3.63, 3.8) is 0 Å². The van der Waals surface area contributed by atoms with Crippen LogP contribution in [-0.2, 0) is 4.74 Å². The first-order valence-corrected chi connectivity index (χ1v) is 6.19. The smallest absolute Gasteiger partial charge is 0.136 e. The van der Waals surface area contributed by atoms with Gasteiger partial charge in [0.1, 0.15) is 11.8 Å². The van der Waals surface area contributed by atoms with E-state index in [1.165, 1.54) is 0 Å². The van der Waals surface area contributed by atoms with Gasteiger partial charge in [-0.2, -0.15) is 0 Å². The first-order chi connectivity index (χ1) is 8.74. The van der Waals surface area contributed by atoms with Crippen molar-refractivity contribution in [2.24, 2.45) is 11.1 Å². The van der Waals surface area contributed by atoms with Crippen LogP contribution >= 0.6 is 0 Å². The van der Waals surface area contributed by atoms with E-state index in [2.05, 4.69) is 18.0 Å². The molecule has 3 rings (SSSR count). The zero-order valence-corrected chi connectivity index (χ0v) is 10.6. The van der Waals surface area contributed by atoms with Gasteiger partial charge in [0.25, 0.3) is 0 Å². The van der Waals surface area contributed by atoms with Crippen LogP contribution in [0.15, 0.2) is 34.9 Å². The van der Waals surface area contributed by atoms with Gasteiger partial charge in [-0.3, -0.25) is 0 Å². The van der Waals surface area contributed by atoms with E-state index >= 15 is 0 Å². The molecule has 18 heavy (non-hydrogen) atoms. The number of rotatable bonds is 4. The third-order valence-electron chi connectivity index (χ3n) is 3.69. The van der Waals surface area contributed by atoms with Crippen molar-refractivity contribution in [3.05, 3.63) is 30.5 Å². The molecule has 2 heterocycles. The van der Waals surface area contributed by atoms with Crippen molar-refractivity contribution in [1.29, 1.82) is 0 Å². The molecule has 0 atom stereocenters. The molecule has 0 aliphatic carbocycles. The summed E-state index contributed by atoms with van der Waals surface area (Å²) in [7, 11) is 2.08. The highest BCUT2D eigenvalue weighted by molar-refractivity contribution is 5.90. The van der Waals surface area contributed by atoms with Crippen molar-refractivity contribution in [1.82, 2.24) is 0 Å². The topological polar surface area (TPSA) is 51.6 Å². The summed E-state index contributed by atoms with van der Waals surface area (Å²) in [5.74, 6) is 0. The summed E-state index contributed by atoms with van der Waals surface area (Å²) in [5.41, 5.74) is 8.00. The standard InChI is InChI=1S/C14H18N2O2/c1-16(8-14(7-15)9-17-10-14)12-6-18-13-5-3-2-4-11(12)13/h2-6H,7-10,15H2,1H3. The van der Waals surface area contributed by atoms with Crippen LogP contribution in [0.1, 0.15) is 0 Å². The zero-order chi connectivity index (χ0) is 12.6. The Morgan fingerprint density at radius 3 is 2.78 bits per heavy atom. The number of hydrogen-bond acceptors (Lipinski definition) is 4. The summed E-state index contributed by atoms with van der Waals surface area (Å²) >= 11 is 0. The van der Waals surface area contributed by atoms with Crippen molar-refractivity contribution < 1.29 is 9.15 Å². The molecule has 1 aromatic carbocycles. The lowest BCUT2D eigenvalue weighted by atomic mass is 9.85. The van der Waals surface area contributed by atoms with Crippen LogP contribution in [0.5, 0.6) is 0 Å². The minimum atomic E-state index is 0.104. The Labute approximate surface area is 106 Å². The van der Waals surface area contributed by atoms with Crippen LogP contribution in [0.2, 0.25) is 0 Å². The van der Waals surface area contributed by atoms with E-state index in [4.69, 9.17) is 14.9 Å². The average Bonchev–Trinajstić information content (AvgIpc) is 2.77. The van der Waals surface area contributed by atoms with Crippen molar-refractivity contribution in [2.45, 2.75) is 0 Å². The minimum absolute atomic E-state index is 0.104. The van der Waals surface area contributed by atoms with Crippen LogP contribution < -0.4 is 10.6 Å². The number of furan rings is 1. The molecule has 0 saturated carbocycles. The molecule has 4 nitrogen and oxygen atoms in total. The van der Waals surface area contributed by atoms with Gasteiger partial charge < -0.3 is 19.8 Å². The second-order valence-corrected chi connectivity index (χ2v) is 5.17. The van der Waals surface area contributed by atoms with Crippen LogP contribution in [0.3, 0.4) is 0 Å². The predicted molar refractivity (Wildman–Crippen MR) is 71.8 cm³/mol. The maximum atomic E-state index is 5.85. The normalized spacial score (nSPS) is 17.7. The molecule has 2 aromatic rings. The Morgan fingerprint density at radius 2 is 2.11 bits per heavy atom. The summed E-state index contributed by atoms with van der Waals surface area (Å²) in [4.78, 5) is 2.21. The van der Waals surface area contributed by atoms with Gasteiger partial charge in [-0.05, 0) is 12.1 Å². The lowest BCUT2D eigenvalue weighted by Crippen LogP contribution is -2.54. The van der Waals surface area contributed by atoms with Gasteiger partial charge in [-0.15, -0.1) is 0 Å². The number of nitrogens with two attached hydrogens (primary N) is 1. The van der Waals surface area contributed by atoms with E-state index in [1.807, 2.05) is 24.5 Å². The fourth-order valence-electron chi connectivity index (χ4n) is 2.51.